The van der Waals surface area contributed by atoms with E-state index in [9.17, 15) is 4.79 Å². The number of nitrogens with one attached hydrogen (secondary N) is 1. The van der Waals surface area contributed by atoms with E-state index < -0.39 is 6.04 Å². The number of carbonyl (C=O) groups is 1. The van der Waals surface area contributed by atoms with Gasteiger partial charge in [0, 0.05) is 6.20 Å². The summed E-state index contributed by atoms with van der Waals surface area (Å²) in [5.74, 6) is 0.0424. The molecule has 0 saturated carbocycles. The highest BCUT2D eigenvalue weighted by Crippen LogP contribution is 2.05. The maximum absolute atomic E-state index is 11.7. The van der Waals surface area contributed by atoms with E-state index in [1.807, 2.05) is 20.8 Å². The van der Waals surface area contributed by atoms with Crippen LogP contribution >= 0.6 is 0 Å². The minimum absolute atomic E-state index is 0.137. The van der Waals surface area contributed by atoms with Crippen LogP contribution in [0.4, 0.5) is 0 Å². The Kier molecular flexibility index (Phi) is 5.03. The Morgan fingerprint density at radius 1 is 1.47 bits per heavy atom. The lowest BCUT2D eigenvalue weighted by Crippen LogP contribution is -2.44. The molecule has 1 rings (SSSR count). The molecule has 0 aliphatic heterocycles. The first kappa shape index (κ1) is 13.6. The fraction of sp³-hybridized carbons (Fsp3) is 0.583. The van der Waals surface area contributed by atoms with Gasteiger partial charge in [0.1, 0.15) is 0 Å². The zero-order valence-electron chi connectivity index (χ0n) is 10.6. The Labute approximate surface area is 102 Å². The van der Waals surface area contributed by atoms with E-state index in [0.29, 0.717) is 6.54 Å². The molecule has 17 heavy (non-hydrogen) atoms. The molecule has 1 amide bonds. The fourth-order valence-corrected chi connectivity index (χ4v) is 1.32. The van der Waals surface area contributed by atoms with Crippen LogP contribution in [0.15, 0.2) is 12.4 Å². The summed E-state index contributed by atoms with van der Waals surface area (Å²) >= 11 is 0. The van der Waals surface area contributed by atoms with Crippen molar-refractivity contribution < 1.29 is 4.79 Å². The van der Waals surface area contributed by atoms with Gasteiger partial charge < -0.3 is 11.1 Å². The van der Waals surface area contributed by atoms with E-state index in [2.05, 4.69) is 15.3 Å². The predicted molar refractivity (Wildman–Crippen MR) is 66.0 cm³/mol. The first-order valence-corrected chi connectivity index (χ1v) is 5.85. The molecule has 0 unspecified atom stereocenters. The molecule has 1 heterocycles. The van der Waals surface area contributed by atoms with Gasteiger partial charge in [-0.05, 0) is 12.8 Å². The number of hydrogen-bond acceptors (Lipinski definition) is 4. The Bertz CT molecular complexity index is 363. The van der Waals surface area contributed by atoms with Gasteiger partial charge in [0.25, 0.3) is 0 Å². The number of carbonyl (C=O) groups excluding carboxylic acids is 1. The summed E-state index contributed by atoms with van der Waals surface area (Å²) in [6.45, 7) is 6.23. The maximum atomic E-state index is 11.7. The van der Waals surface area contributed by atoms with Crippen LogP contribution in [0.25, 0.3) is 0 Å². The van der Waals surface area contributed by atoms with Gasteiger partial charge in [0.05, 0.1) is 30.2 Å². The Balaban J connectivity index is 2.45. The summed E-state index contributed by atoms with van der Waals surface area (Å²) in [5.41, 5.74) is 7.41. The Morgan fingerprint density at radius 3 is 2.71 bits per heavy atom. The highest BCUT2D eigenvalue weighted by Gasteiger charge is 2.18. The van der Waals surface area contributed by atoms with Crippen molar-refractivity contribution in [2.75, 3.05) is 0 Å². The molecule has 2 atom stereocenters. The lowest BCUT2D eigenvalue weighted by molar-refractivity contribution is -0.123. The van der Waals surface area contributed by atoms with Crippen LogP contribution in [-0.4, -0.2) is 21.9 Å². The average molecular weight is 236 g/mol. The van der Waals surface area contributed by atoms with Crippen molar-refractivity contribution in [2.45, 2.75) is 39.8 Å². The lowest BCUT2D eigenvalue weighted by atomic mass is 9.99. The van der Waals surface area contributed by atoms with Crippen molar-refractivity contribution in [2.24, 2.45) is 11.7 Å². The van der Waals surface area contributed by atoms with Gasteiger partial charge in [-0.25, -0.2) is 0 Å². The fourth-order valence-electron chi connectivity index (χ4n) is 1.32. The number of rotatable bonds is 5. The quantitative estimate of drug-likeness (QED) is 0.791. The van der Waals surface area contributed by atoms with Crippen molar-refractivity contribution in [1.82, 2.24) is 15.3 Å². The molecule has 0 radical (unpaired) electrons. The van der Waals surface area contributed by atoms with Crippen molar-refractivity contribution in [3.8, 4) is 0 Å². The van der Waals surface area contributed by atoms with Crippen LogP contribution in [-0.2, 0) is 11.3 Å². The van der Waals surface area contributed by atoms with Gasteiger partial charge >= 0.3 is 0 Å². The Morgan fingerprint density at radius 2 is 2.18 bits per heavy atom. The van der Waals surface area contributed by atoms with E-state index in [4.69, 9.17) is 5.73 Å². The zero-order chi connectivity index (χ0) is 12.8. The third-order valence-electron chi connectivity index (χ3n) is 2.84. The Hall–Kier alpha value is -1.49. The first-order valence-electron chi connectivity index (χ1n) is 5.85. The number of nitrogens with zero attached hydrogens (tertiary/aromatic N) is 2. The molecule has 5 heteroatoms. The van der Waals surface area contributed by atoms with Crippen molar-refractivity contribution >= 4 is 5.91 Å². The molecule has 5 nitrogen and oxygen atoms in total. The first-order chi connectivity index (χ1) is 8.04. The second kappa shape index (κ2) is 6.30. The second-order valence-electron chi connectivity index (χ2n) is 4.28. The largest absolute Gasteiger partial charge is 0.349 e. The summed E-state index contributed by atoms with van der Waals surface area (Å²) < 4.78 is 0. The SMILES string of the molecule is CC[C@H](C)[C@H](N)C(=O)NCc1cnc(C)cn1. The minimum atomic E-state index is -0.460. The van der Waals surface area contributed by atoms with Gasteiger partial charge in [-0.3, -0.25) is 14.8 Å². The molecule has 94 valence electrons. The van der Waals surface area contributed by atoms with E-state index in [1.54, 1.807) is 12.4 Å². The third-order valence-corrected chi connectivity index (χ3v) is 2.84. The van der Waals surface area contributed by atoms with Gasteiger partial charge in [-0.2, -0.15) is 0 Å². The summed E-state index contributed by atoms with van der Waals surface area (Å²) in [4.78, 5) is 20.0. The lowest BCUT2D eigenvalue weighted by Gasteiger charge is -2.17. The molecule has 0 bridgehead atoms. The van der Waals surface area contributed by atoms with Crippen molar-refractivity contribution in [3.63, 3.8) is 0 Å². The molecule has 3 N–H and O–H groups in total. The average Bonchev–Trinajstić information content (AvgIpc) is 2.35. The number of nitrogens with two attached hydrogens (primary N) is 1. The predicted octanol–water partition coefficient (Wildman–Crippen LogP) is 0.775. The minimum Gasteiger partial charge on any atom is -0.349 e. The van der Waals surface area contributed by atoms with Crippen LogP contribution in [0.1, 0.15) is 31.7 Å². The molecule has 1 aromatic rings. The summed E-state index contributed by atoms with van der Waals surface area (Å²) in [6, 6.07) is -0.460. The molecule has 0 aliphatic carbocycles. The van der Waals surface area contributed by atoms with Gasteiger partial charge in [-0.1, -0.05) is 20.3 Å². The number of hydrogen-bond donors (Lipinski definition) is 2. The third kappa shape index (κ3) is 4.11. The van der Waals surface area contributed by atoms with Crippen LogP contribution in [0, 0.1) is 12.8 Å². The van der Waals surface area contributed by atoms with Crippen LogP contribution in [0.5, 0.6) is 0 Å². The molecular weight excluding hydrogens is 216 g/mol. The van der Waals surface area contributed by atoms with E-state index in [-0.39, 0.29) is 11.8 Å². The van der Waals surface area contributed by atoms with Crippen LogP contribution in [0.3, 0.4) is 0 Å². The molecule has 0 fully saturated rings. The monoisotopic (exact) mass is 236 g/mol. The number of aromatic nitrogens is 2. The molecule has 0 aliphatic rings. The molecule has 0 spiro atoms. The summed E-state index contributed by atoms with van der Waals surface area (Å²) in [7, 11) is 0. The highest BCUT2D eigenvalue weighted by atomic mass is 16.2. The standard InChI is InChI=1S/C12H20N4O/c1-4-8(2)11(13)12(17)16-7-10-6-14-9(3)5-15-10/h5-6,8,11H,4,7,13H2,1-3H3,(H,16,17)/t8-,11-/m0/s1. The number of aryl methyl sites for hydroxylation is 1. The topological polar surface area (TPSA) is 80.9 Å². The van der Waals surface area contributed by atoms with E-state index >= 15 is 0 Å². The van der Waals surface area contributed by atoms with Crippen LogP contribution < -0.4 is 11.1 Å². The second-order valence-corrected chi connectivity index (χ2v) is 4.28. The van der Waals surface area contributed by atoms with E-state index in [1.165, 1.54) is 0 Å². The molecular formula is C12H20N4O. The zero-order valence-corrected chi connectivity index (χ0v) is 10.6. The van der Waals surface area contributed by atoms with E-state index in [0.717, 1.165) is 17.8 Å². The highest BCUT2D eigenvalue weighted by molar-refractivity contribution is 5.81. The summed E-state index contributed by atoms with van der Waals surface area (Å²) in [5, 5.41) is 2.77. The van der Waals surface area contributed by atoms with Crippen molar-refractivity contribution in [3.05, 3.63) is 23.8 Å². The van der Waals surface area contributed by atoms with Crippen molar-refractivity contribution in [1.29, 1.82) is 0 Å². The smallest absolute Gasteiger partial charge is 0.237 e. The molecule has 0 saturated heterocycles. The molecule has 1 aromatic heterocycles. The van der Waals surface area contributed by atoms with Gasteiger partial charge in [-0.15, -0.1) is 0 Å². The normalized spacial score (nSPS) is 14.1. The molecule has 0 aromatic carbocycles. The van der Waals surface area contributed by atoms with Gasteiger partial charge in [0.15, 0.2) is 0 Å². The van der Waals surface area contributed by atoms with Gasteiger partial charge in [0.2, 0.25) is 5.91 Å². The summed E-state index contributed by atoms with van der Waals surface area (Å²) in [6.07, 6.45) is 4.22. The maximum Gasteiger partial charge on any atom is 0.237 e. The number of amides is 1. The van der Waals surface area contributed by atoms with Crippen LogP contribution in [0.2, 0.25) is 0 Å².